The Balaban J connectivity index is 0.000000230. The minimum atomic E-state index is -0.565. The van der Waals surface area contributed by atoms with Crippen LogP contribution in [0.1, 0.15) is 168 Å². The zero-order valence-electron chi connectivity index (χ0n) is 59.9. The van der Waals surface area contributed by atoms with E-state index in [1.54, 1.807) is 60.7 Å². The Morgan fingerprint density at radius 1 is 0.400 bits per heavy atom. The molecular weight excluding hydrogens is 1360 g/mol. The molecule has 2 aromatic heterocycles. The van der Waals surface area contributed by atoms with E-state index in [0.29, 0.717) is 87.5 Å². The minimum Gasteiger partial charge on any atom is -0.494 e. The van der Waals surface area contributed by atoms with E-state index in [1.807, 2.05) is 72.8 Å². The molecule has 10 aromatic rings. The number of aryl methyl sites for hydroxylation is 4. The van der Waals surface area contributed by atoms with Gasteiger partial charge in [0.15, 0.2) is 10.3 Å². The fourth-order valence-corrected chi connectivity index (χ4v) is 12.0. The van der Waals surface area contributed by atoms with Gasteiger partial charge in [-0.15, -0.1) is 0 Å². The predicted molar refractivity (Wildman–Crippen MR) is 421 cm³/mol. The van der Waals surface area contributed by atoms with Crippen LogP contribution in [0.2, 0.25) is 0 Å². The van der Waals surface area contributed by atoms with Crippen LogP contribution in [0.5, 0.6) is 28.7 Å². The van der Waals surface area contributed by atoms with E-state index in [0.717, 1.165) is 134 Å². The van der Waals surface area contributed by atoms with E-state index < -0.39 is 23.9 Å². The average molecular weight is 1460 g/mol. The van der Waals surface area contributed by atoms with E-state index in [9.17, 15) is 24.0 Å². The van der Waals surface area contributed by atoms with Crippen LogP contribution >= 0.6 is 22.7 Å². The number of nitrogen functional groups attached to an aromatic ring is 2. The molecule has 8 aromatic carbocycles. The van der Waals surface area contributed by atoms with Gasteiger partial charge in [0.2, 0.25) is 0 Å². The molecule has 105 heavy (non-hydrogen) atoms. The van der Waals surface area contributed by atoms with Gasteiger partial charge < -0.3 is 55.4 Å². The fourth-order valence-electron chi connectivity index (χ4n) is 10.5. The molecule has 0 atom stereocenters. The quantitative estimate of drug-likeness (QED) is 0.00926. The number of carbonyl (C=O) groups excluding carboxylic acids is 5. The molecule has 0 aliphatic rings. The van der Waals surface area contributed by atoms with Gasteiger partial charge in [0.1, 0.15) is 28.7 Å². The van der Waals surface area contributed by atoms with Crippen LogP contribution in [0.25, 0.3) is 20.4 Å². The molecule has 0 aliphatic carbocycles. The SMILES string of the molecule is C=CC(=O)OCCCCCCOc1ccc(C(=O)Oc2ccc(C(=O)Oc3ccc(CCCCC)cc3C=N)cc2)cc1.C=CC(=O)OCCCCCCOc1ccc(C(=O)Oc2ccc(CCc3ccc(CCCCC)cc3)cc2C=N)cc1.Nc1nc2ccccc2s1.Nc1nc2ccccc2s1. The van der Waals surface area contributed by atoms with Crippen molar-refractivity contribution in [3.8, 4) is 28.7 Å². The van der Waals surface area contributed by atoms with Crippen molar-refractivity contribution in [2.75, 3.05) is 37.9 Å². The lowest BCUT2D eigenvalue weighted by molar-refractivity contribution is -0.138. The van der Waals surface area contributed by atoms with Gasteiger partial charge in [-0.3, -0.25) is 0 Å². The third kappa shape index (κ3) is 29.3. The van der Waals surface area contributed by atoms with Crippen molar-refractivity contribution < 1.29 is 57.1 Å². The summed E-state index contributed by atoms with van der Waals surface area (Å²) in [5.74, 6) is -0.0525. The van der Waals surface area contributed by atoms with Crippen molar-refractivity contribution in [2.45, 2.75) is 129 Å². The average Bonchev–Trinajstić information content (AvgIpc) is 0.951. The molecule has 0 saturated heterocycles. The highest BCUT2D eigenvalue weighted by molar-refractivity contribution is 7.22. The van der Waals surface area contributed by atoms with Gasteiger partial charge in [-0.2, -0.15) is 0 Å². The number of esters is 5. The number of rotatable bonds is 37. The third-order valence-electron chi connectivity index (χ3n) is 16.3. The Morgan fingerprint density at radius 3 is 1.15 bits per heavy atom. The molecule has 548 valence electrons. The first-order valence-electron chi connectivity index (χ1n) is 35.5. The number of benzene rings is 8. The Kier molecular flexibility index (Phi) is 35.4. The largest absolute Gasteiger partial charge is 0.494 e. The molecular formula is C85H94N6O12S2. The zero-order valence-corrected chi connectivity index (χ0v) is 61.5. The van der Waals surface area contributed by atoms with E-state index in [-0.39, 0.29) is 11.7 Å². The summed E-state index contributed by atoms with van der Waals surface area (Å²) in [5.41, 5.74) is 20.0. The lowest BCUT2D eigenvalue weighted by Gasteiger charge is -2.11. The van der Waals surface area contributed by atoms with Gasteiger partial charge in [-0.1, -0.05) is 136 Å². The lowest BCUT2D eigenvalue weighted by atomic mass is 10.00. The first kappa shape index (κ1) is 81.2. The molecule has 0 bridgehead atoms. The van der Waals surface area contributed by atoms with E-state index in [2.05, 4.69) is 61.2 Å². The van der Waals surface area contributed by atoms with Gasteiger partial charge >= 0.3 is 29.8 Å². The number of aromatic nitrogens is 2. The van der Waals surface area contributed by atoms with Crippen LogP contribution in [0.3, 0.4) is 0 Å². The molecule has 0 saturated carbocycles. The molecule has 0 fully saturated rings. The number of nitrogens with one attached hydrogen (secondary N) is 2. The highest BCUT2D eigenvalue weighted by Crippen LogP contribution is 2.27. The minimum absolute atomic E-state index is 0.290. The first-order valence-corrected chi connectivity index (χ1v) is 37.2. The summed E-state index contributed by atoms with van der Waals surface area (Å²) in [6.45, 7) is 13.0. The summed E-state index contributed by atoms with van der Waals surface area (Å²) in [7, 11) is 0. The molecule has 0 radical (unpaired) electrons. The number of unbranched alkanes of at least 4 members (excludes halogenated alkanes) is 10. The Labute approximate surface area is 623 Å². The van der Waals surface area contributed by atoms with Crippen LogP contribution in [-0.4, -0.2) is 78.7 Å². The first-order chi connectivity index (χ1) is 51.2. The summed E-state index contributed by atoms with van der Waals surface area (Å²) in [6.07, 6.45) is 22.8. The Morgan fingerprint density at radius 2 is 0.752 bits per heavy atom. The summed E-state index contributed by atoms with van der Waals surface area (Å²) in [6, 6.07) is 55.6. The van der Waals surface area contributed by atoms with Gasteiger partial charge in [0.05, 0.1) is 63.6 Å². The fraction of sp³-hybridized carbons (Fsp3) is 0.282. The Bertz CT molecular complexity index is 4250. The van der Waals surface area contributed by atoms with Crippen molar-refractivity contribution in [2.24, 2.45) is 0 Å². The number of thiazole rings is 2. The van der Waals surface area contributed by atoms with Gasteiger partial charge in [0, 0.05) is 35.7 Å². The van der Waals surface area contributed by atoms with Gasteiger partial charge in [-0.05, 0) is 233 Å². The van der Waals surface area contributed by atoms with Gasteiger partial charge in [-0.25, -0.2) is 33.9 Å². The van der Waals surface area contributed by atoms with Crippen molar-refractivity contribution in [3.63, 3.8) is 0 Å². The predicted octanol–water partition coefficient (Wildman–Crippen LogP) is 19.4. The molecule has 2 heterocycles. The van der Waals surface area contributed by atoms with Crippen molar-refractivity contribution in [1.29, 1.82) is 10.8 Å². The van der Waals surface area contributed by atoms with E-state index in [4.69, 9.17) is 55.4 Å². The maximum Gasteiger partial charge on any atom is 0.343 e. The summed E-state index contributed by atoms with van der Waals surface area (Å²) in [4.78, 5) is 68.3. The van der Waals surface area contributed by atoms with Crippen LogP contribution in [-0.2, 0) is 44.7 Å². The monoisotopic (exact) mass is 1450 g/mol. The second-order valence-electron chi connectivity index (χ2n) is 24.3. The molecule has 0 unspecified atom stereocenters. The maximum atomic E-state index is 12.8. The molecule has 0 aliphatic heterocycles. The zero-order chi connectivity index (χ0) is 74.8. The van der Waals surface area contributed by atoms with Crippen molar-refractivity contribution in [1.82, 2.24) is 9.97 Å². The maximum absolute atomic E-state index is 12.8. The summed E-state index contributed by atoms with van der Waals surface area (Å²) in [5, 5.41) is 16.8. The highest BCUT2D eigenvalue weighted by Gasteiger charge is 2.16. The molecule has 20 heteroatoms. The van der Waals surface area contributed by atoms with E-state index >= 15 is 0 Å². The number of hydrogen-bond acceptors (Lipinski definition) is 20. The van der Waals surface area contributed by atoms with Gasteiger partial charge in [0.25, 0.3) is 0 Å². The number of nitrogens with zero attached hydrogens (tertiary/aromatic N) is 2. The number of fused-ring (bicyclic) bond motifs is 2. The van der Waals surface area contributed by atoms with Crippen molar-refractivity contribution in [3.05, 3.63) is 257 Å². The van der Waals surface area contributed by atoms with Crippen LogP contribution in [0, 0.1) is 10.8 Å². The highest BCUT2D eigenvalue weighted by atomic mass is 32.1. The number of carbonyl (C=O) groups is 5. The van der Waals surface area contributed by atoms with E-state index in [1.165, 1.54) is 95.8 Å². The molecule has 6 N–H and O–H groups in total. The van der Waals surface area contributed by atoms with Crippen LogP contribution < -0.4 is 35.2 Å². The normalized spacial score (nSPS) is 10.5. The van der Waals surface area contributed by atoms with Crippen LogP contribution in [0.4, 0.5) is 10.3 Å². The number of ether oxygens (including phenoxy) is 7. The standard InChI is InChI=1S/C36H43NO5.C35H39NO7.2C7H6N2S/c1-3-5-8-11-28-12-14-29(15-13-28)16-17-30-18-23-34(32(26-30)27-37)42-36(39)31-19-21-33(22-20-31)40-24-9-6-7-10-25-41-35(38)4-2;1-3-5-8-11-26-12-21-32(29(24-26)25-36)43-35(39)28-15-19-31(20-16-28)42-34(38)27-13-17-30(18-14-27)40-22-9-6-7-10-23-41-33(37)4-2;2*8-7-9-5-3-1-2-4-6(5)10-7/h4,12-15,18-23,26-27,37H,2-3,5-11,16-17,24-25H2,1H3;4,12-21,24-25,36H,2-3,5-11,22-23H2,1H3;2*1-4H,(H2,8,9). The second-order valence-corrected chi connectivity index (χ2v) is 26.4. The molecule has 18 nitrogen and oxygen atoms in total. The smallest absolute Gasteiger partial charge is 0.343 e. The Hall–Kier alpha value is -11.1. The topological polar surface area (TPSA) is 275 Å². The lowest BCUT2D eigenvalue weighted by Crippen LogP contribution is -2.11. The number of hydrogen-bond donors (Lipinski definition) is 4. The summed E-state index contributed by atoms with van der Waals surface area (Å²) < 4.78 is 40.3. The van der Waals surface area contributed by atoms with Crippen LogP contribution in [0.15, 0.2) is 207 Å². The van der Waals surface area contributed by atoms with Crippen molar-refractivity contribution >= 4 is 95.6 Å². The number of nitrogens with two attached hydrogens (primary N) is 2. The summed E-state index contributed by atoms with van der Waals surface area (Å²) >= 11 is 3.04. The molecule has 10 rings (SSSR count). The second kappa shape index (κ2) is 45.8. The number of para-hydroxylation sites is 2. The number of anilines is 2. The third-order valence-corrected chi connectivity index (χ3v) is 18.0. The molecule has 0 spiro atoms. The molecule has 0 amide bonds.